The molecule has 1 atom stereocenters. The molecule has 0 spiro atoms. The summed E-state index contributed by atoms with van der Waals surface area (Å²) in [5.41, 5.74) is 0.203. The van der Waals surface area contributed by atoms with Gasteiger partial charge in [0.15, 0.2) is 5.82 Å². The summed E-state index contributed by atoms with van der Waals surface area (Å²) in [7, 11) is 1.72. The summed E-state index contributed by atoms with van der Waals surface area (Å²) in [6, 6.07) is 7.72. The van der Waals surface area contributed by atoms with Crippen molar-refractivity contribution in [2.75, 3.05) is 13.1 Å². The maximum atomic E-state index is 12.7. The van der Waals surface area contributed by atoms with Crippen LogP contribution in [-0.2, 0) is 18.3 Å². The first kappa shape index (κ1) is 21.3. The van der Waals surface area contributed by atoms with E-state index in [0.717, 1.165) is 37.1 Å². The number of aromatic nitrogens is 4. The van der Waals surface area contributed by atoms with Gasteiger partial charge in [0.1, 0.15) is 5.60 Å². The van der Waals surface area contributed by atoms with Crippen molar-refractivity contribution in [3.8, 4) is 0 Å². The Morgan fingerprint density at radius 1 is 1.23 bits per heavy atom. The number of aryl methyl sites for hydroxylation is 1. The Hall–Kier alpha value is -2.94. The zero-order valence-electron chi connectivity index (χ0n) is 18.6. The molecule has 1 N–H and O–H groups in total. The molecule has 9 heteroatoms. The molecule has 166 valence electrons. The maximum absolute atomic E-state index is 12.7. The lowest BCUT2D eigenvalue weighted by Crippen LogP contribution is -2.47. The smallest absolute Gasteiger partial charge is 0.407 e. The lowest BCUT2D eigenvalue weighted by Gasteiger charge is -2.35. The van der Waals surface area contributed by atoms with Crippen molar-refractivity contribution in [2.45, 2.75) is 58.2 Å². The molecule has 1 aliphatic rings. The van der Waals surface area contributed by atoms with Crippen LogP contribution >= 0.6 is 0 Å². The van der Waals surface area contributed by atoms with Gasteiger partial charge in [-0.2, -0.15) is 0 Å². The Bertz CT molecular complexity index is 1160. The van der Waals surface area contributed by atoms with E-state index in [1.807, 2.05) is 49.4 Å². The van der Waals surface area contributed by atoms with E-state index in [1.165, 1.54) is 4.57 Å². The molecule has 0 aliphatic carbocycles. The first-order chi connectivity index (χ1) is 14.7. The number of hydrogen-bond acceptors (Lipinski definition) is 6. The van der Waals surface area contributed by atoms with E-state index in [0.29, 0.717) is 24.3 Å². The highest BCUT2D eigenvalue weighted by atomic mass is 16.6. The lowest BCUT2D eigenvalue weighted by molar-refractivity contribution is 0.0491. The molecule has 0 saturated carbocycles. The number of rotatable bonds is 4. The van der Waals surface area contributed by atoms with E-state index in [-0.39, 0.29) is 11.6 Å². The van der Waals surface area contributed by atoms with Crippen LogP contribution in [0.15, 0.2) is 29.1 Å². The molecule has 0 bridgehead atoms. The minimum absolute atomic E-state index is 0.0838. The van der Waals surface area contributed by atoms with Gasteiger partial charge in [-0.05, 0) is 52.3 Å². The minimum atomic E-state index is -0.520. The molecule has 31 heavy (non-hydrogen) atoms. The average Bonchev–Trinajstić information content (AvgIpc) is 3.14. The Morgan fingerprint density at radius 3 is 2.77 bits per heavy atom. The molecule has 1 unspecified atom stereocenters. The number of amides is 1. The zero-order valence-corrected chi connectivity index (χ0v) is 18.6. The quantitative estimate of drug-likeness (QED) is 0.689. The Labute approximate surface area is 181 Å². The molecule has 3 aromatic rings. The third-order valence-electron chi connectivity index (χ3n) is 5.67. The molecule has 1 aliphatic heterocycles. The fourth-order valence-corrected chi connectivity index (χ4v) is 4.19. The minimum Gasteiger partial charge on any atom is -0.444 e. The SMILES string of the molecule is Cn1c(=O)c2ccccc2n2c(CN3CCCCC3CNC(=O)OC(C)(C)C)nnc12. The fourth-order valence-electron chi connectivity index (χ4n) is 4.19. The highest BCUT2D eigenvalue weighted by molar-refractivity contribution is 5.80. The number of carbonyl (C=O) groups is 1. The van der Waals surface area contributed by atoms with Gasteiger partial charge in [0.2, 0.25) is 5.78 Å². The molecule has 3 heterocycles. The number of benzene rings is 1. The predicted octanol–water partition coefficient (Wildman–Crippen LogP) is 2.46. The number of likely N-dealkylation sites (tertiary alicyclic amines) is 1. The van der Waals surface area contributed by atoms with Crippen LogP contribution < -0.4 is 10.9 Å². The second-order valence-corrected chi connectivity index (χ2v) is 9.14. The summed E-state index contributed by atoms with van der Waals surface area (Å²) in [6.45, 7) is 7.59. The maximum Gasteiger partial charge on any atom is 0.407 e. The van der Waals surface area contributed by atoms with E-state index >= 15 is 0 Å². The number of nitrogens with zero attached hydrogens (tertiary/aromatic N) is 5. The normalized spacial score (nSPS) is 17.9. The van der Waals surface area contributed by atoms with Crippen molar-refractivity contribution >= 4 is 22.8 Å². The van der Waals surface area contributed by atoms with E-state index in [1.54, 1.807) is 7.05 Å². The average molecular weight is 427 g/mol. The summed E-state index contributed by atoms with van der Waals surface area (Å²) < 4.78 is 8.87. The Morgan fingerprint density at radius 2 is 2.00 bits per heavy atom. The summed E-state index contributed by atoms with van der Waals surface area (Å²) >= 11 is 0. The van der Waals surface area contributed by atoms with Crippen LogP contribution in [0, 0.1) is 0 Å². The topological polar surface area (TPSA) is 93.8 Å². The third kappa shape index (κ3) is 4.41. The molecule has 2 aromatic heterocycles. The van der Waals surface area contributed by atoms with Crippen molar-refractivity contribution in [2.24, 2.45) is 7.05 Å². The van der Waals surface area contributed by atoms with E-state index < -0.39 is 11.7 Å². The molecular weight excluding hydrogens is 396 g/mol. The van der Waals surface area contributed by atoms with E-state index in [2.05, 4.69) is 20.4 Å². The molecule has 1 saturated heterocycles. The first-order valence-corrected chi connectivity index (χ1v) is 10.8. The monoisotopic (exact) mass is 426 g/mol. The number of para-hydroxylation sites is 1. The van der Waals surface area contributed by atoms with Crippen LogP contribution in [0.5, 0.6) is 0 Å². The van der Waals surface area contributed by atoms with Crippen molar-refractivity contribution in [1.82, 2.24) is 29.4 Å². The van der Waals surface area contributed by atoms with Crippen LogP contribution in [0.3, 0.4) is 0 Å². The van der Waals surface area contributed by atoms with Gasteiger partial charge in [0.05, 0.1) is 17.4 Å². The van der Waals surface area contributed by atoms with Gasteiger partial charge in [-0.1, -0.05) is 18.6 Å². The summed E-state index contributed by atoms with van der Waals surface area (Å²) in [6.07, 6.45) is 2.81. The van der Waals surface area contributed by atoms with E-state index in [9.17, 15) is 9.59 Å². The second kappa shape index (κ2) is 8.30. The highest BCUT2D eigenvalue weighted by Gasteiger charge is 2.26. The number of nitrogens with one attached hydrogen (secondary N) is 1. The number of ether oxygens (including phenoxy) is 1. The molecule has 1 amide bonds. The molecule has 1 fully saturated rings. The van der Waals surface area contributed by atoms with Crippen LogP contribution in [0.1, 0.15) is 45.9 Å². The van der Waals surface area contributed by atoms with Gasteiger partial charge in [-0.3, -0.25) is 18.7 Å². The number of hydrogen-bond donors (Lipinski definition) is 1. The van der Waals surface area contributed by atoms with Crippen molar-refractivity contribution in [1.29, 1.82) is 0 Å². The van der Waals surface area contributed by atoms with Crippen LogP contribution in [0.4, 0.5) is 4.79 Å². The molecule has 4 rings (SSSR count). The van der Waals surface area contributed by atoms with Gasteiger partial charge in [0.25, 0.3) is 5.56 Å². The van der Waals surface area contributed by atoms with E-state index in [4.69, 9.17) is 4.74 Å². The Balaban J connectivity index is 1.59. The van der Waals surface area contributed by atoms with Gasteiger partial charge < -0.3 is 10.1 Å². The Kier molecular flexibility index (Phi) is 5.70. The zero-order chi connectivity index (χ0) is 22.2. The van der Waals surface area contributed by atoms with Crippen molar-refractivity contribution in [3.05, 3.63) is 40.4 Å². The standard InChI is InChI=1S/C22H30N6O3/c1-22(2,3)31-21(30)23-13-15-9-7-8-12-27(15)14-18-24-25-20-26(4)19(29)16-10-5-6-11-17(16)28(18)20/h5-6,10-11,15H,7-9,12-14H2,1-4H3,(H,23,30). The van der Waals surface area contributed by atoms with Crippen LogP contribution in [0.2, 0.25) is 0 Å². The fraction of sp³-hybridized carbons (Fsp3) is 0.545. The predicted molar refractivity (Wildman–Crippen MR) is 118 cm³/mol. The van der Waals surface area contributed by atoms with Crippen LogP contribution in [-0.4, -0.2) is 54.9 Å². The molecule has 9 nitrogen and oxygen atoms in total. The summed E-state index contributed by atoms with van der Waals surface area (Å²) in [5.74, 6) is 1.31. The van der Waals surface area contributed by atoms with Crippen molar-refractivity contribution < 1.29 is 9.53 Å². The van der Waals surface area contributed by atoms with Gasteiger partial charge in [0, 0.05) is 19.6 Å². The molecule has 0 radical (unpaired) electrons. The van der Waals surface area contributed by atoms with Gasteiger partial charge in [-0.15, -0.1) is 10.2 Å². The second-order valence-electron chi connectivity index (χ2n) is 9.14. The van der Waals surface area contributed by atoms with Gasteiger partial charge >= 0.3 is 6.09 Å². The molecular formula is C22H30N6O3. The lowest BCUT2D eigenvalue weighted by atomic mass is 10.0. The first-order valence-electron chi connectivity index (χ1n) is 10.8. The number of fused-ring (bicyclic) bond motifs is 3. The third-order valence-corrected chi connectivity index (χ3v) is 5.67. The summed E-state index contributed by atoms with van der Waals surface area (Å²) in [4.78, 5) is 27.1. The van der Waals surface area contributed by atoms with Gasteiger partial charge in [-0.25, -0.2) is 4.79 Å². The van der Waals surface area contributed by atoms with Crippen LogP contribution in [0.25, 0.3) is 16.7 Å². The van der Waals surface area contributed by atoms with Crippen molar-refractivity contribution in [3.63, 3.8) is 0 Å². The molecule has 1 aromatic carbocycles. The number of carbonyl (C=O) groups excluding carboxylic acids is 1. The number of alkyl carbamates (subject to hydrolysis) is 1. The highest BCUT2D eigenvalue weighted by Crippen LogP contribution is 2.21. The number of piperidine rings is 1. The summed E-state index contributed by atoms with van der Waals surface area (Å²) in [5, 5.41) is 12.3. The largest absolute Gasteiger partial charge is 0.444 e.